The van der Waals surface area contributed by atoms with Gasteiger partial charge in [0.1, 0.15) is 17.2 Å². The molecular formula is C13H6BrF3N2. The molecule has 2 aromatic carbocycles. The lowest BCUT2D eigenvalue weighted by atomic mass is 10.2. The van der Waals surface area contributed by atoms with Gasteiger partial charge in [-0.25, -0.2) is 18.2 Å². The van der Waals surface area contributed by atoms with Crippen LogP contribution in [-0.4, -0.2) is 9.97 Å². The summed E-state index contributed by atoms with van der Waals surface area (Å²) in [6.45, 7) is 0. The zero-order valence-corrected chi connectivity index (χ0v) is 10.9. The van der Waals surface area contributed by atoms with Gasteiger partial charge in [0.05, 0.1) is 11.1 Å². The molecule has 1 heterocycles. The van der Waals surface area contributed by atoms with Crippen LogP contribution in [0.15, 0.2) is 34.8 Å². The quantitative estimate of drug-likeness (QED) is 0.705. The Kier molecular flexibility index (Phi) is 2.82. The number of rotatable bonds is 1. The van der Waals surface area contributed by atoms with Gasteiger partial charge in [-0.2, -0.15) is 0 Å². The number of hydrogen-bond acceptors (Lipinski definition) is 1. The lowest BCUT2D eigenvalue weighted by Gasteiger charge is -1.99. The van der Waals surface area contributed by atoms with Crippen LogP contribution in [0, 0.1) is 17.5 Å². The van der Waals surface area contributed by atoms with Gasteiger partial charge in [0.2, 0.25) is 0 Å². The van der Waals surface area contributed by atoms with Gasteiger partial charge < -0.3 is 4.98 Å². The molecule has 0 bridgehead atoms. The fraction of sp³-hybridized carbons (Fsp3) is 0. The van der Waals surface area contributed by atoms with E-state index in [4.69, 9.17) is 0 Å². The second-order valence-electron chi connectivity index (χ2n) is 3.97. The summed E-state index contributed by atoms with van der Waals surface area (Å²) in [6, 6.07) is 6.68. The van der Waals surface area contributed by atoms with Crippen molar-refractivity contribution in [2.24, 2.45) is 0 Å². The van der Waals surface area contributed by atoms with E-state index in [0.29, 0.717) is 9.99 Å². The summed E-state index contributed by atoms with van der Waals surface area (Å²) in [5, 5.41) is 0. The summed E-state index contributed by atoms with van der Waals surface area (Å²) in [4.78, 5) is 6.68. The normalized spacial score (nSPS) is 11.2. The number of halogens is 4. The molecule has 96 valence electrons. The van der Waals surface area contributed by atoms with Crippen LogP contribution >= 0.6 is 15.9 Å². The standard InChI is InChI=1S/C13H6BrF3N2/c14-6-1-2-8(15)7(5-6)13-18-10-4-3-9(16)11(17)12(10)19-13/h1-5H,(H,18,19). The minimum absolute atomic E-state index is 0.144. The molecule has 0 aliphatic heterocycles. The van der Waals surface area contributed by atoms with E-state index in [0.717, 1.165) is 6.07 Å². The summed E-state index contributed by atoms with van der Waals surface area (Å²) in [6.07, 6.45) is 0. The molecule has 19 heavy (non-hydrogen) atoms. The van der Waals surface area contributed by atoms with Gasteiger partial charge >= 0.3 is 0 Å². The lowest BCUT2D eigenvalue weighted by Crippen LogP contribution is -1.86. The van der Waals surface area contributed by atoms with Crippen LogP contribution < -0.4 is 0 Å². The van der Waals surface area contributed by atoms with Crippen LogP contribution in [0.2, 0.25) is 0 Å². The zero-order valence-electron chi connectivity index (χ0n) is 9.35. The van der Waals surface area contributed by atoms with Crippen molar-refractivity contribution >= 4 is 27.0 Å². The van der Waals surface area contributed by atoms with Gasteiger partial charge in [-0.05, 0) is 30.3 Å². The third-order valence-corrected chi connectivity index (χ3v) is 3.22. The lowest BCUT2D eigenvalue weighted by molar-refractivity contribution is 0.515. The minimum atomic E-state index is -1.05. The Labute approximate surface area is 114 Å². The highest BCUT2D eigenvalue weighted by Crippen LogP contribution is 2.27. The van der Waals surface area contributed by atoms with E-state index in [1.54, 1.807) is 6.07 Å². The predicted molar refractivity (Wildman–Crippen MR) is 69.1 cm³/mol. The number of fused-ring (bicyclic) bond motifs is 1. The smallest absolute Gasteiger partial charge is 0.186 e. The van der Waals surface area contributed by atoms with E-state index in [1.807, 2.05) is 0 Å². The molecule has 3 aromatic rings. The summed E-state index contributed by atoms with van der Waals surface area (Å²) < 4.78 is 41.0. The number of aromatic amines is 1. The van der Waals surface area contributed by atoms with Gasteiger partial charge in [0.15, 0.2) is 11.6 Å². The average molecular weight is 327 g/mol. The molecule has 1 N–H and O–H groups in total. The van der Waals surface area contributed by atoms with Crippen LogP contribution in [0.5, 0.6) is 0 Å². The Bertz CT molecular complexity index is 783. The largest absolute Gasteiger partial charge is 0.338 e. The van der Waals surface area contributed by atoms with Crippen LogP contribution in [0.4, 0.5) is 13.2 Å². The van der Waals surface area contributed by atoms with Gasteiger partial charge in [0.25, 0.3) is 0 Å². The molecule has 0 saturated heterocycles. The molecule has 6 heteroatoms. The highest BCUT2D eigenvalue weighted by Gasteiger charge is 2.15. The van der Waals surface area contributed by atoms with E-state index < -0.39 is 17.5 Å². The molecular weight excluding hydrogens is 321 g/mol. The van der Waals surface area contributed by atoms with Crippen molar-refractivity contribution < 1.29 is 13.2 Å². The Morgan fingerprint density at radius 2 is 1.74 bits per heavy atom. The molecule has 0 atom stereocenters. The van der Waals surface area contributed by atoms with E-state index in [9.17, 15) is 13.2 Å². The van der Waals surface area contributed by atoms with Crippen molar-refractivity contribution in [1.82, 2.24) is 9.97 Å². The highest BCUT2D eigenvalue weighted by molar-refractivity contribution is 9.10. The second kappa shape index (κ2) is 4.38. The van der Waals surface area contributed by atoms with Crippen molar-refractivity contribution in [2.75, 3.05) is 0 Å². The molecule has 3 rings (SSSR count). The van der Waals surface area contributed by atoms with Crippen LogP contribution in [0.1, 0.15) is 0 Å². The molecule has 0 fully saturated rings. The molecule has 0 saturated carbocycles. The predicted octanol–water partition coefficient (Wildman–Crippen LogP) is 4.41. The van der Waals surface area contributed by atoms with E-state index in [1.165, 1.54) is 18.2 Å². The fourth-order valence-electron chi connectivity index (χ4n) is 1.82. The zero-order chi connectivity index (χ0) is 13.6. The molecule has 0 unspecified atom stereocenters. The first-order chi connectivity index (χ1) is 9.06. The van der Waals surface area contributed by atoms with Crippen molar-refractivity contribution in [3.8, 4) is 11.4 Å². The number of hydrogen-bond donors (Lipinski definition) is 1. The highest BCUT2D eigenvalue weighted by atomic mass is 79.9. The van der Waals surface area contributed by atoms with E-state index in [-0.39, 0.29) is 16.9 Å². The minimum Gasteiger partial charge on any atom is -0.338 e. The number of aromatic nitrogens is 2. The maximum Gasteiger partial charge on any atom is 0.186 e. The topological polar surface area (TPSA) is 28.7 Å². The number of nitrogens with zero attached hydrogens (tertiary/aromatic N) is 1. The molecule has 0 spiro atoms. The number of benzene rings is 2. The van der Waals surface area contributed by atoms with Crippen LogP contribution in [0.3, 0.4) is 0 Å². The maximum atomic E-state index is 13.7. The van der Waals surface area contributed by atoms with E-state index >= 15 is 0 Å². The first-order valence-corrected chi connectivity index (χ1v) is 6.14. The Morgan fingerprint density at radius 1 is 1.00 bits per heavy atom. The van der Waals surface area contributed by atoms with Gasteiger partial charge in [-0.3, -0.25) is 0 Å². The van der Waals surface area contributed by atoms with Crippen molar-refractivity contribution in [3.63, 3.8) is 0 Å². The van der Waals surface area contributed by atoms with Crippen molar-refractivity contribution in [1.29, 1.82) is 0 Å². The molecule has 2 nitrogen and oxygen atoms in total. The fourth-order valence-corrected chi connectivity index (χ4v) is 2.19. The summed E-state index contributed by atoms with van der Waals surface area (Å²) in [7, 11) is 0. The average Bonchev–Trinajstić information content (AvgIpc) is 2.81. The first-order valence-electron chi connectivity index (χ1n) is 5.35. The molecule has 0 amide bonds. The third-order valence-electron chi connectivity index (χ3n) is 2.73. The number of imidazole rings is 1. The second-order valence-corrected chi connectivity index (χ2v) is 4.88. The molecule has 1 aromatic heterocycles. The van der Waals surface area contributed by atoms with Crippen molar-refractivity contribution in [2.45, 2.75) is 0 Å². The summed E-state index contributed by atoms with van der Waals surface area (Å²) in [5.41, 5.74) is 0.355. The van der Waals surface area contributed by atoms with Gasteiger partial charge in [0, 0.05) is 4.47 Å². The van der Waals surface area contributed by atoms with Crippen LogP contribution in [0.25, 0.3) is 22.4 Å². The Morgan fingerprint density at radius 3 is 2.53 bits per heavy atom. The maximum absolute atomic E-state index is 13.7. The molecule has 0 radical (unpaired) electrons. The molecule has 0 aliphatic rings. The Balaban J connectivity index is 2.26. The van der Waals surface area contributed by atoms with E-state index in [2.05, 4.69) is 25.9 Å². The van der Waals surface area contributed by atoms with Gasteiger partial charge in [-0.15, -0.1) is 0 Å². The number of H-pyrrole nitrogens is 1. The SMILES string of the molecule is Fc1ccc(Br)cc1-c1nc2c(F)c(F)ccc2[nH]1. The summed E-state index contributed by atoms with van der Waals surface area (Å²) >= 11 is 3.22. The third kappa shape index (κ3) is 2.02. The first kappa shape index (κ1) is 12.2. The Hall–Kier alpha value is -1.82. The summed E-state index contributed by atoms with van der Waals surface area (Å²) in [5.74, 6) is -2.38. The monoisotopic (exact) mass is 326 g/mol. The number of nitrogens with one attached hydrogen (secondary N) is 1. The van der Waals surface area contributed by atoms with Gasteiger partial charge in [-0.1, -0.05) is 15.9 Å². The van der Waals surface area contributed by atoms with Crippen molar-refractivity contribution in [3.05, 3.63) is 52.3 Å². The van der Waals surface area contributed by atoms with Crippen LogP contribution in [-0.2, 0) is 0 Å². The molecule has 0 aliphatic carbocycles.